The van der Waals surface area contributed by atoms with Crippen molar-refractivity contribution < 1.29 is 17.9 Å². The van der Waals surface area contributed by atoms with E-state index in [0.29, 0.717) is 17.1 Å². The van der Waals surface area contributed by atoms with E-state index in [-0.39, 0.29) is 11.0 Å². The predicted octanol–water partition coefficient (Wildman–Crippen LogP) is 3.41. The molecular weight excluding hydrogens is 352 g/mol. The third-order valence-corrected chi connectivity index (χ3v) is 4.95. The number of methoxy groups -OCH3 is 1. The first-order valence-electron chi connectivity index (χ1n) is 8.20. The molecule has 0 aliphatic rings. The highest BCUT2D eigenvalue weighted by atomic mass is 32.2. The van der Waals surface area contributed by atoms with Crippen molar-refractivity contribution in [3.63, 3.8) is 0 Å². The highest BCUT2D eigenvalue weighted by molar-refractivity contribution is 7.89. The summed E-state index contributed by atoms with van der Waals surface area (Å²) in [5.41, 5.74) is 2.62. The molecule has 0 unspecified atom stereocenters. The van der Waals surface area contributed by atoms with E-state index in [2.05, 4.69) is 9.93 Å². The Morgan fingerprint density at radius 3 is 2.38 bits per heavy atom. The van der Waals surface area contributed by atoms with Gasteiger partial charge in [0.1, 0.15) is 0 Å². The van der Waals surface area contributed by atoms with Gasteiger partial charge in [-0.05, 0) is 74.7 Å². The summed E-state index contributed by atoms with van der Waals surface area (Å²) in [6, 6.07) is 10.2. The highest BCUT2D eigenvalue weighted by Crippen LogP contribution is 2.28. The summed E-state index contributed by atoms with van der Waals surface area (Å²) in [6.45, 7) is 7.62. The van der Waals surface area contributed by atoms with E-state index in [0.717, 1.165) is 11.1 Å². The van der Waals surface area contributed by atoms with Gasteiger partial charge in [-0.1, -0.05) is 6.07 Å². The second kappa shape index (κ2) is 8.23. The Labute approximate surface area is 154 Å². The number of benzene rings is 2. The average Bonchev–Trinajstić information content (AvgIpc) is 2.57. The van der Waals surface area contributed by atoms with E-state index >= 15 is 0 Å². The molecular formula is C19H24N2O4S. The van der Waals surface area contributed by atoms with Gasteiger partial charge in [0, 0.05) is 0 Å². The second-order valence-corrected chi connectivity index (χ2v) is 7.84. The normalized spacial score (nSPS) is 11.8. The number of nitrogens with one attached hydrogen (secondary N) is 1. The van der Waals surface area contributed by atoms with Gasteiger partial charge >= 0.3 is 0 Å². The van der Waals surface area contributed by atoms with Crippen LogP contribution in [0.25, 0.3) is 0 Å². The fourth-order valence-electron chi connectivity index (χ4n) is 2.22. The van der Waals surface area contributed by atoms with Gasteiger partial charge in [0.05, 0.1) is 24.3 Å². The molecule has 1 N–H and O–H groups in total. The van der Waals surface area contributed by atoms with Crippen molar-refractivity contribution in [2.75, 3.05) is 7.11 Å². The molecule has 0 aliphatic heterocycles. The lowest BCUT2D eigenvalue weighted by Crippen LogP contribution is -2.18. The Morgan fingerprint density at radius 2 is 1.77 bits per heavy atom. The van der Waals surface area contributed by atoms with Crippen LogP contribution in [0.3, 0.4) is 0 Å². The van der Waals surface area contributed by atoms with Crippen LogP contribution in [0.1, 0.15) is 30.5 Å². The number of aryl methyl sites for hydroxylation is 2. The van der Waals surface area contributed by atoms with E-state index in [1.54, 1.807) is 43.5 Å². The summed E-state index contributed by atoms with van der Waals surface area (Å²) in [7, 11) is -2.15. The maximum atomic E-state index is 12.3. The van der Waals surface area contributed by atoms with E-state index in [9.17, 15) is 8.42 Å². The first-order chi connectivity index (χ1) is 12.2. The summed E-state index contributed by atoms with van der Waals surface area (Å²) < 4.78 is 35.6. The van der Waals surface area contributed by atoms with Gasteiger partial charge in [-0.3, -0.25) is 0 Å². The minimum atomic E-state index is -3.72. The van der Waals surface area contributed by atoms with Crippen molar-refractivity contribution in [3.8, 4) is 11.5 Å². The number of hydrazone groups is 1. The standard InChI is InChI=1S/C19H24N2O4S/c1-13(2)25-19-11-16(7-9-18(19)24-5)12-20-21-26(22,23)17-8-6-14(3)15(4)10-17/h6-13,21H,1-5H3/b20-12+. The van der Waals surface area contributed by atoms with Crippen LogP contribution >= 0.6 is 0 Å². The van der Waals surface area contributed by atoms with Crippen LogP contribution in [0.15, 0.2) is 46.4 Å². The van der Waals surface area contributed by atoms with Crippen molar-refractivity contribution in [1.29, 1.82) is 0 Å². The zero-order chi connectivity index (χ0) is 19.3. The lowest BCUT2D eigenvalue weighted by Gasteiger charge is -2.13. The van der Waals surface area contributed by atoms with Crippen molar-refractivity contribution in [3.05, 3.63) is 53.1 Å². The molecule has 2 aromatic rings. The molecule has 0 saturated heterocycles. The zero-order valence-corrected chi connectivity index (χ0v) is 16.4. The van der Waals surface area contributed by atoms with Gasteiger partial charge in [0.15, 0.2) is 11.5 Å². The van der Waals surface area contributed by atoms with Crippen molar-refractivity contribution >= 4 is 16.2 Å². The molecule has 2 aromatic carbocycles. The number of nitrogens with zero attached hydrogens (tertiary/aromatic N) is 1. The van der Waals surface area contributed by atoms with E-state index in [4.69, 9.17) is 9.47 Å². The lowest BCUT2D eigenvalue weighted by molar-refractivity contribution is 0.230. The van der Waals surface area contributed by atoms with Gasteiger partial charge in [-0.2, -0.15) is 13.5 Å². The molecule has 0 radical (unpaired) electrons. The third-order valence-electron chi connectivity index (χ3n) is 3.73. The monoisotopic (exact) mass is 376 g/mol. The Morgan fingerprint density at radius 1 is 1.04 bits per heavy atom. The average molecular weight is 376 g/mol. The third kappa shape index (κ3) is 4.98. The van der Waals surface area contributed by atoms with Crippen LogP contribution in [-0.4, -0.2) is 27.8 Å². The summed E-state index contributed by atoms with van der Waals surface area (Å²) in [5.74, 6) is 1.18. The maximum Gasteiger partial charge on any atom is 0.276 e. The summed E-state index contributed by atoms with van der Waals surface area (Å²) in [6.07, 6.45) is 1.41. The van der Waals surface area contributed by atoms with Gasteiger partial charge in [-0.15, -0.1) is 0 Å². The highest BCUT2D eigenvalue weighted by Gasteiger charge is 2.13. The Bertz CT molecular complexity index is 906. The molecule has 0 heterocycles. The molecule has 0 bridgehead atoms. The maximum absolute atomic E-state index is 12.3. The van der Waals surface area contributed by atoms with Crippen LogP contribution in [0.2, 0.25) is 0 Å². The number of hydrogen-bond donors (Lipinski definition) is 1. The Hall–Kier alpha value is -2.54. The molecule has 0 aromatic heterocycles. The van der Waals surface area contributed by atoms with Crippen LogP contribution < -0.4 is 14.3 Å². The first kappa shape index (κ1) is 19.8. The van der Waals surface area contributed by atoms with Gasteiger partial charge in [0.2, 0.25) is 0 Å². The molecule has 7 heteroatoms. The smallest absolute Gasteiger partial charge is 0.276 e. The SMILES string of the molecule is COc1ccc(/C=N/NS(=O)(=O)c2ccc(C)c(C)c2)cc1OC(C)C. The fourth-order valence-corrected chi connectivity index (χ4v) is 3.10. The predicted molar refractivity (Wildman–Crippen MR) is 103 cm³/mol. The number of sulfonamides is 1. The molecule has 0 saturated carbocycles. The van der Waals surface area contributed by atoms with Crippen LogP contribution in [0.4, 0.5) is 0 Å². The molecule has 140 valence electrons. The Balaban J connectivity index is 2.17. The zero-order valence-electron chi connectivity index (χ0n) is 15.6. The van der Waals surface area contributed by atoms with Crippen LogP contribution in [0, 0.1) is 13.8 Å². The van der Waals surface area contributed by atoms with Gasteiger partial charge < -0.3 is 9.47 Å². The minimum absolute atomic E-state index is 0.0145. The molecule has 26 heavy (non-hydrogen) atoms. The summed E-state index contributed by atoms with van der Waals surface area (Å²) >= 11 is 0. The van der Waals surface area contributed by atoms with Gasteiger partial charge in [-0.25, -0.2) is 4.83 Å². The van der Waals surface area contributed by atoms with E-state index in [1.807, 2.05) is 27.7 Å². The quantitative estimate of drug-likeness (QED) is 0.593. The largest absolute Gasteiger partial charge is 0.493 e. The minimum Gasteiger partial charge on any atom is -0.493 e. The first-order valence-corrected chi connectivity index (χ1v) is 9.68. The van der Waals surface area contributed by atoms with Crippen LogP contribution in [0.5, 0.6) is 11.5 Å². The molecule has 0 fully saturated rings. The number of hydrogen-bond acceptors (Lipinski definition) is 5. The van der Waals surface area contributed by atoms with Crippen molar-refractivity contribution in [1.82, 2.24) is 4.83 Å². The molecule has 2 rings (SSSR count). The summed E-state index contributed by atoms with van der Waals surface area (Å²) in [5, 5.41) is 3.86. The lowest BCUT2D eigenvalue weighted by atomic mass is 10.1. The second-order valence-electron chi connectivity index (χ2n) is 6.18. The molecule has 0 aliphatic carbocycles. The molecule has 0 atom stereocenters. The topological polar surface area (TPSA) is 77.0 Å². The van der Waals surface area contributed by atoms with Gasteiger partial charge in [0.25, 0.3) is 10.0 Å². The molecule has 0 spiro atoms. The van der Waals surface area contributed by atoms with Crippen molar-refractivity contribution in [2.45, 2.75) is 38.7 Å². The number of rotatable bonds is 7. The molecule has 6 nitrogen and oxygen atoms in total. The van der Waals surface area contributed by atoms with Crippen LogP contribution in [-0.2, 0) is 10.0 Å². The molecule has 0 amide bonds. The summed E-state index contributed by atoms with van der Waals surface area (Å²) in [4.78, 5) is 2.41. The van der Waals surface area contributed by atoms with E-state index < -0.39 is 10.0 Å². The van der Waals surface area contributed by atoms with E-state index in [1.165, 1.54) is 6.21 Å². The number of ether oxygens (including phenoxy) is 2. The Kier molecular flexibility index (Phi) is 6.26. The van der Waals surface area contributed by atoms with Crippen molar-refractivity contribution in [2.24, 2.45) is 5.10 Å². The fraction of sp³-hybridized carbons (Fsp3) is 0.316.